The summed E-state index contributed by atoms with van der Waals surface area (Å²) in [4.78, 5) is 3.11. The third-order valence-corrected chi connectivity index (χ3v) is 3.48. The van der Waals surface area contributed by atoms with E-state index in [9.17, 15) is 0 Å². The molecule has 1 saturated carbocycles. The molecule has 17 heavy (non-hydrogen) atoms. The Bertz CT molecular complexity index is 360. The molecule has 0 aromatic carbocycles. The van der Waals surface area contributed by atoms with Crippen LogP contribution in [0.2, 0.25) is 0 Å². The van der Waals surface area contributed by atoms with Gasteiger partial charge in [-0.25, -0.2) is 0 Å². The molecule has 0 amide bonds. The standard InChI is InChI=1S/C13H20N2OS/c1-2-10(8-13(14)17)15(11-5-6-11)9-12-4-3-7-16-12/h3-4,7,10-11H,2,5-6,8-9H2,1H3,(H2,14,17). The molecule has 0 saturated heterocycles. The summed E-state index contributed by atoms with van der Waals surface area (Å²) in [5.41, 5.74) is 5.68. The molecule has 2 rings (SSSR count). The maximum atomic E-state index is 5.68. The second-order valence-electron chi connectivity index (χ2n) is 4.72. The van der Waals surface area contributed by atoms with Gasteiger partial charge < -0.3 is 10.2 Å². The van der Waals surface area contributed by atoms with Crippen molar-refractivity contribution in [2.45, 2.75) is 51.2 Å². The molecule has 0 bridgehead atoms. The summed E-state index contributed by atoms with van der Waals surface area (Å²) < 4.78 is 5.44. The second-order valence-corrected chi connectivity index (χ2v) is 5.24. The molecule has 0 aliphatic heterocycles. The first-order valence-electron chi connectivity index (χ1n) is 6.27. The summed E-state index contributed by atoms with van der Waals surface area (Å²) >= 11 is 5.04. The van der Waals surface area contributed by atoms with E-state index >= 15 is 0 Å². The molecule has 1 atom stereocenters. The van der Waals surface area contributed by atoms with Crippen LogP contribution in [-0.2, 0) is 6.54 Å². The molecule has 3 nitrogen and oxygen atoms in total. The van der Waals surface area contributed by atoms with Gasteiger partial charge in [0, 0.05) is 18.5 Å². The molecular formula is C13H20N2OS. The summed E-state index contributed by atoms with van der Waals surface area (Å²) in [6.07, 6.45) is 6.19. The zero-order chi connectivity index (χ0) is 12.3. The van der Waals surface area contributed by atoms with Crippen molar-refractivity contribution in [3.63, 3.8) is 0 Å². The molecule has 0 spiro atoms. The zero-order valence-electron chi connectivity index (χ0n) is 10.3. The van der Waals surface area contributed by atoms with Crippen molar-refractivity contribution in [3.05, 3.63) is 24.2 Å². The van der Waals surface area contributed by atoms with Crippen molar-refractivity contribution in [2.75, 3.05) is 0 Å². The van der Waals surface area contributed by atoms with Crippen LogP contribution in [-0.4, -0.2) is 22.0 Å². The Morgan fingerprint density at radius 1 is 1.65 bits per heavy atom. The van der Waals surface area contributed by atoms with Gasteiger partial charge in [0.1, 0.15) is 5.76 Å². The van der Waals surface area contributed by atoms with Crippen molar-refractivity contribution in [3.8, 4) is 0 Å². The Morgan fingerprint density at radius 3 is 2.88 bits per heavy atom. The highest BCUT2D eigenvalue weighted by atomic mass is 32.1. The van der Waals surface area contributed by atoms with Gasteiger partial charge in [-0.1, -0.05) is 19.1 Å². The van der Waals surface area contributed by atoms with Gasteiger partial charge in [0.2, 0.25) is 0 Å². The average Bonchev–Trinajstić information content (AvgIpc) is 3.01. The SMILES string of the molecule is CCC(CC(N)=S)N(Cc1ccco1)C1CC1. The van der Waals surface area contributed by atoms with Gasteiger partial charge in [0.05, 0.1) is 17.8 Å². The molecule has 1 heterocycles. The van der Waals surface area contributed by atoms with E-state index in [-0.39, 0.29) is 0 Å². The van der Waals surface area contributed by atoms with Gasteiger partial charge in [-0.15, -0.1) is 0 Å². The van der Waals surface area contributed by atoms with Crippen molar-refractivity contribution in [1.82, 2.24) is 4.90 Å². The predicted molar refractivity (Wildman–Crippen MR) is 72.8 cm³/mol. The Balaban J connectivity index is 2.02. The first-order chi connectivity index (χ1) is 8.20. The lowest BCUT2D eigenvalue weighted by molar-refractivity contribution is 0.163. The fourth-order valence-corrected chi connectivity index (χ4v) is 2.47. The predicted octanol–water partition coefficient (Wildman–Crippen LogP) is 2.70. The summed E-state index contributed by atoms with van der Waals surface area (Å²) in [5, 5.41) is 0. The van der Waals surface area contributed by atoms with Gasteiger partial charge in [-0.05, 0) is 31.4 Å². The third kappa shape index (κ3) is 3.54. The Hall–Kier alpha value is -0.870. The van der Waals surface area contributed by atoms with Crippen LogP contribution in [0, 0.1) is 0 Å². The first kappa shape index (κ1) is 12.6. The third-order valence-electron chi connectivity index (χ3n) is 3.31. The number of hydrogen-bond acceptors (Lipinski definition) is 3. The summed E-state index contributed by atoms with van der Waals surface area (Å²) in [6.45, 7) is 3.07. The zero-order valence-corrected chi connectivity index (χ0v) is 11.1. The number of nitrogens with two attached hydrogens (primary N) is 1. The lowest BCUT2D eigenvalue weighted by Crippen LogP contribution is -2.38. The average molecular weight is 252 g/mol. The van der Waals surface area contributed by atoms with E-state index < -0.39 is 0 Å². The number of furan rings is 1. The first-order valence-corrected chi connectivity index (χ1v) is 6.68. The molecular weight excluding hydrogens is 232 g/mol. The highest BCUT2D eigenvalue weighted by Gasteiger charge is 2.33. The van der Waals surface area contributed by atoms with Crippen LogP contribution in [0.1, 0.15) is 38.4 Å². The molecule has 94 valence electrons. The Morgan fingerprint density at radius 2 is 2.41 bits per heavy atom. The van der Waals surface area contributed by atoms with Crippen LogP contribution in [0.4, 0.5) is 0 Å². The second kappa shape index (κ2) is 5.65. The van der Waals surface area contributed by atoms with Gasteiger partial charge in [-0.2, -0.15) is 0 Å². The van der Waals surface area contributed by atoms with E-state index in [1.807, 2.05) is 12.1 Å². The smallest absolute Gasteiger partial charge is 0.117 e. The molecule has 1 aromatic rings. The summed E-state index contributed by atoms with van der Waals surface area (Å²) in [6, 6.07) is 5.11. The minimum absolute atomic E-state index is 0.449. The van der Waals surface area contributed by atoms with E-state index in [1.54, 1.807) is 6.26 Å². The summed E-state index contributed by atoms with van der Waals surface area (Å²) in [7, 11) is 0. The molecule has 1 aliphatic carbocycles. The minimum Gasteiger partial charge on any atom is -0.468 e. The molecule has 0 radical (unpaired) electrons. The van der Waals surface area contributed by atoms with Crippen LogP contribution in [0.15, 0.2) is 22.8 Å². The molecule has 2 N–H and O–H groups in total. The van der Waals surface area contributed by atoms with Crippen molar-refractivity contribution < 1.29 is 4.42 Å². The van der Waals surface area contributed by atoms with Gasteiger partial charge in [0.25, 0.3) is 0 Å². The van der Waals surface area contributed by atoms with Gasteiger partial charge >= 0.3 is 0 Å². The molecule has 1 unspecified atom stereocenters. The van der Waals surface area contributed by atoms with Crippen LogP contribution in [0.3, 0.4) is 0 Å². The minimum atomic E-state index is 0.449. The fraction of sp³-hybridized carbons (Fsp3) is 0.615. The topological polar surface area (TPSA) is 42.4 Å². The van der Waals surface area contributed by atoms with Crippen molar-refractivity contribution in [2.24, 2.45) is 5.73 Å². The highest BCUT2D eigenvalue weighted by molar-refractivity contribution is 7.80. The quantitative estimate of drug-likeness (QED) is 0.758. The normalized spacial score (nSPS) is 17.3. The maximum Gasteiger partial charge on any atom is 0.117 e. The van der Waals surface area contributed by atoms with E-state index in [0.29, 0.717) is 17.1 Å². The maximum absolute atomic E-state index is 5.68. The Kier molecular flexibility index (Phi) is 4.18. The number of rotatable bonds is 7. The van der Waals surface area contributed by atoms with Gasteiger partial charge in [-0.3, -0.25) is 4.90 Å². The van der Waals surface area contributed by atoms with Crippen molar-refractivity contribution >= 4 is 17.2 Å². The molecule has 1 aliphatic rings. The van der Waals surface area contributed by atoms with E-state index in [4.69, 9.17) is 22.4 Å². The van der Waals surface area contributed by atoms with Crippen LogP contribution in [0.5, 0.6) is 0 Å². The van der Waals surface area contributed by atoms with Crippen molar-refractivity contribution in [1.29, 1.82) is 0 Å². The van der Waals surface area contributed by atoms with E-state index in [1.165, 1.54) is 12.8 Å². The van der Waals surface area contributed by atoms with E-state index in [2.05, 4.69) is 11.8 Å². The van der Waals surface area contributed by atoms with Crippen LogP contribution < -0.4 is 5.73 Å². The fourth-order valence-electron chi connectivity index (χ4n) is 2.27. The number of hydrogen-bond donors (Lipinski definition) is 1. The highest BCUT2D eigenvalue weighted by Crippen LogP contribution is 2.32. The lowest BCUT2D eigenvalue weighted by Gasteiger charge is -2.30. The van der Waals surface area contributed by atoms with Crippen LogP contribution >= 0.6 is 12.2 Å². The number of nitrogens with zero attached hydrogens (tertiary/aromatic N) is 1. The Labute approximate surface area is 108 Å². The molecule has 1 aromatic heterocycles. The van der Waals surface area contributed by atoms with E-state index in [0.717, 1.165) is 25.1 Å². The largest absolute Gasteiger partial charge is 0.468 e. The lowest BCUT2D eigenvalue weighted by atomic mass is 10.1. The molecule has 1 fully saturated rings. The summed E-state index contributed by atoms with van der Waals surface area (Å²) in [5.74, 6) is 1.03. The monoisotopic (exact) mass is 252 g/mol. The van der Waals surface area contributed by atoms with Crippen LogP contribution in [0.25, 0.3) is 0 Å². The number of thiocarbonyl (C=S) groups is 1. The molecule has 4 heteroatoms. The van der Waals surface area contributed by atoms with Gasteiger partial charge in [0.15, 0.2) is 0 Å².